The van der Waals surface area contributed by atoms with E-state index in [1.807, 2.05) is 12.1 Å². The predicted molar refractivity (Wildman–Crippen MR) is 113 cm³/mol. The fourth-order valence-electron chi connectivity index (χ4n) is 2.81. The molecule has 0 N–H and O–H groups in total. The molecular formula is C20H10Cl4N2O. The predicted octanol–water partition coefficient (Wildman–Crippen LogP) is 6.67. The maximum Gasteiger partial charge on any atom is 0.279 e. The van der Waals surface area contributed by atoms with Gasteiger partial charge in [-0.05, 0) is 48.5 Å². The summed E-state index contributed by atoms with van der Waals surface area (Å²) in [5.74, 6) is 0. The Morgan fingerprint density at radius 1 is 0.704 bits per heavy atom. The van der Waals surface area contributed by atoms with Gasteiger partial charge in [-0.15, -0.1) is 0 Å². The Labute approximate surface area is 174 Å². The van der Waals surface area contributed by atoms with Crippen molar-refractivity contribution in [3.63, 3.8) is 0 Å². The molecule has 0 saturated carbocycles. The lowest BCUT2D eigenvalue weighted by Crippen LogP contribution is -2.22. The summed E-state index contributed by atoms with van der Waals surface area (Å²) in [5.41, 5.74) is 1.68. The van der Waals surface area contributed by atoms with Crippen LogP contribution >= 0.6 is 46.4 Å². The molecule has 1 aromatic heterocycles. The van der Waals surface area contributed by atoms with Gasteiger partial charge in [0, 0.05) is 21.0 Å². The van der Waals surface area contributed by atoms with Crippen LogP contribution in [-0.2, 0) is 0 Å². The second kappa shape index (κ2) is 7.17. The average molecular weight is 436 g/mol. The molecule has 4 aromatic rings. The van der Waals surface area contributed by atoms with Crippen LogP contribution < -0.4 is 5.56 Å². The number of hydrogen-bond acceptors (Lipinski definition) is 2. The van der Waals surface area contributed by atoms with Gasteiger partial charge in [0.1, 0.15) is 0 Å². The zero-order valence-electron chi connectivity index (χ0n) is 13.6. The van der Waals surface area contributed by atoms with Gasteiger partial charge in [0.05, 0.1) is 26.8 Å². The summed E-state index contributed by atoms with van der Waals surface area (Å²) < 4.78 is 1.33. The molecule has 3 aromatic carbocycles. The lowest BCUT2D eigenvalue weighted by atomic mass is 10.0. The second-order valence-corrected chi connectivity index (χ2v) is 7.55. The van der Waals surface area contributed by atoms with Crippen LogP contribution in [0.5, 0.6) is 0 Å². The molecule has 7 heteroatoms. The molecule has 0 saturated heterocycles. The first-order chi connectivity index (χ1) is 12.9. The van der Waals surface area contributed by atoms with Crippen LogP contribution in [0.15, 0.2) is 65.5 Å². The zero-order valence-corrected chi connectivity index (χ0v) is 16.6. The van der Waals surface area contributed by atoms with Crippen LogP contribution in [0.25, 0.3) is 27.7 Å². The normalized spacial score (nSPS) is 11.1. The van der Waals surface area contributed by atoms with Crippen molar-refractivity contribution in [2.75, 3.05) is 0 Å². The standard InChI is InChI=1S/C20H10Cl4N2O/c21-12-3-1-11(2-4-12)19-15-9-17(23)18(24)10-16(15)20(27)26(25-19)14-7-5-13(22)6-8-14/h1-10H. The summed E-state index contributed by atoms with van der Waals surface area (Å²) in [6.45, 7) is 0. The molecule has 1 heterocycles. The summed E-state index contributed by atoms with van der Waals surface area (Å²) in [6, 6.07) is 17.3. The number of rotatable bonds is 2. The van der Waals surface area contributed by atoms with Gasteiger partial charge in [-0.2, -0.15) is 9.78 Å². The van der Waals surface area contributed by atoms with Crippen molar-refractivity contribution in [3.8, 4) is 16.9 Å². The highest BCUT2D eigenvalue weighted by Crippen LogP contribution is 2.32. The molecule has 0 spiro atoms. The minimum Gasteiger partial charge on any atom is -0.267 e. The summed E-state index contributed by atoms with van der Waals surface area (Å²) in [5, 5.41) is 7.45. The highest BCUT2D eigenvalue weighted by atomic mass is 35.5. The smallest absolute Gasteiger partial charge is 0.267 e. The van der Waals surface area contributed by atoms with Crippen molar-refractivity contribution in [3.05, 3.63) is 91.1 Å². The van der Waals surface area contributed by atoms with E-state index >= 15 is 0 Å². The number of halogens is 4. The van der Waals surface area contributed by atoms with E-state index in [0.29, 0.717) is 42.2 Å². The highest BCUT2D eigenvalue weighted by molar-refractivity contribution is 6.43. The summed E-state index contributed by atoms with van der Waals surface area (Å²) in [7, 11) is 0. The van der Waals surface area contributed by atoms with Gasteiger partial charge in [-0.1, -0.05) is 58.5 Å². The zero-order chi connectivity index (χ0) is 19.1. The van der Waals surface area contributed by atoms with E-state index in [1.54, 1.807) is 48.5 Å². The van der Waals surface area contributed by atoms with Crippen LogP contribution in [0.4, 0.5) is 0 Å². The van der Waals surface area contributed by atoms with E-state index in [1.165, 1.54) is 4.68 Å². The molecule has 0 aliphatic rings. The Morgan fingerprint density at radius 2 is 1.22 bits per heavy atom. The van der Waals surface area contributed by atoms with E-state index in [2.05, 4.69) is 5.10 Å². The van der Waals surface area contributed by atoms with Crippen molar-refractivity contribution in [1.82, 2.24) is 9.78 Å². The molecule has 27 heavy (non-hydrogen) atoms. The first-order valence-corrected chi connectivity index (χ1v) is 9.39. The molecule has 3 nitrogen and oxygen atoms in total. The van der Waals surface area contributed by atoms with E-state index in [4.69, 9.17) is 46.4 Å². The Kier molecular flexibility index (Phi) is 4.87. The monoisotopic (exact) mass is 434 g/mol. The van der Waals surface area contributed by atoms with Crippen molar-refractivity contribution in [1.29, 1.82) is 0 Å². The van der Waals surface area contributed by atoms with E-state index < -0.39 is 0 Å². The topological polar surface area (TPSA) is 34.9 Å². The third kappa shape index (κ3) is 3.44. The first kappa shape index (κ1) is 18.3. The molecule has 4 rings (SSSR count). The Hall–Kier alpha value is -2.04. The van der Waals surface area contributed by atoms with Crippen molar-refractivity contribution in [2.24, 2.45) is 0 Å². The SMILES string of the molecule is O=c1c2cc(Cl)c(Cl)cc2c(-c2ccc(Cl)cc2)nn1-c1ccc(Cl)cc1. The fraction of sp³-hybridized carbons (Fsp3) is 0. The second-order valence-electron chi connectivity index (χ2n) is 5.86. The lowest BCUT2D eigenvalue weighted by molar-refractivity contribution is 0.826. The van der Waals surface area contributed by atoms with Crippen LogP contribution in [0.2, 0.25) is 20.1 Å². The van der Waals surface area contributed by atoms with E-state index in [9.17, 15) is 4.79 Å². The number of hydrogen-bond donors (Lipinski definition) is 0. The van der Waals surface area contributed by atoms with Gasteiger partial charge in [-0.3, -0.25) is 4.79 Å². The number of aromatic nitrogens is 2. The number of nitrogens with zero attached hydrogens (tertiary/aromatic N) is 2. The largest absolute Gasteiger partial charge is 0.279 e. The van der Waals surface area contributed by atoms with Gasteiger partial charge >= 0.3 is 0 Å². The molecule has 134 valence electrons. The van der Waals surface area contributed by atoms with Gasteiger partial charge in [0.2, 0.25) is 0 Å². The Morgan fingerprint density at radius 3 is 1.81 bits per heavy atom. The molecule has 0 aliphatic heterocycles. The van der Waals surface area contributed by atoms with Crippen LogP contribution in [-0.4, -0.2) is 9.78 Å². The molecule has 0 radical (unpaired) electrons. The minimum atomic E-state index is -0.302. The third-order valence-corrected chi connectivity index (χ3v) is 5.35. The number of fused-ring (bicyclic) bond motifs is 1. The quantitative estimate of drug-likeness (QED) is 0.352. The average Bonchev–Trinajstić information content (AvgIpc) is 2.66. The van der Waals surface area contributed by atoms with Gasteiger partial charge in [0.15, 0.2) is 0 Å². The molecule has 0 unspecified atom stereocenters. The summed E-state index contributed by atoms with van der Waals surface area (Å²) in [6.07, 6.45) is 0. The summed E-state index contributed by atoms with van der Waals surface area (Å²) >= 11 is 24.3. The number of benzene rings is 3. The molecule has 0 fully saturated rings. The maximum atomic E-state index is 13.1. The minimum absolute atomic E-state index is 0.302. The Bertz CT molecular complexity index is 1220. The van der Waals surface area contributed by atoms with Gasteiger partial charge in [0.25, 0.3) is 5.56 Å². The highest BCUT2D eigenvalue weighted by Gasteiger charge is 2.16. The van der Waals surface area contributed by atoms with Crippen molar-refractivity contribution < 1.29 is 0 Å². The van der Waals surface area contributed by atoms with Crippen molar-refractivity contribution in [2.45, 2.75) is 0 Å². The first-order valence-electron chi connectivity index (χ1n) is 7.88. The van der Waals surface area contributed by atoms with Crippen LogP contribution in [0.1, 0.15) is 0 Å². The molecule has 0 aliphatic carbocycles. The molecule has 0 atom stereocenters. The van der Waals surface area contributed by atoms with E-state index in [0.717, 1.165) is 5.56 Å². The molecule has 0 amide bonds. The van der Waals surface area contributed by atoms with Crippen LogP contribution in [0, 0.1) is 0 Å². The molecule has 0 bridgehead atoms. The van der Waals surface area contributed by atoms with Gasteiger partial charge in [-0.25, -0.2) is 0 Å². The maximum absolute atomic E-state index is 13.1. The fourth-order valence-corrected chi connectivity index (χ4v) is 3.39. The molecular weight excluding hydrogens is 426 g/mol. The lowest BCUT2D eigenvalue weighted by Gasteiger charge is -2.12. The van der Waals surface area contributed by atoms with Gasteiger partial charge < -0.3 is 0 Å². The third-order valence-electron chi connectivity index (χ3n) is 4.13. The van der Waals surface area contributed by atoms with E-state index in [-0.39, 0.29) is 5.56 Å². The summed E-state index contributed by atoms with van der Waals surface area (Å²) in [4.78, 5) is 13.1. The Balaban J connectivity index is 2.10. The van der Waals surface area contributed by atoms with Crippen molar-refractivity contribution >= 4 is 57.2 Å². The van der Waals surface area contributed by atoms with Crippen LogP contribution in [0.3, 0.4) is 0 Å².